The maximum Gasteiger partial charge on any atom is 0.240 e. The molecule has 0 unspecified atom stereocenters. The molecule has 21 heavy (non-hydrogen) atoms. The van der Waals surface area contributed by atoms with E-state index < -0.39 is 15.1 Å². The second kappa shape index (κ2) is 6.53. The van der Waals surface area contributed by atoms with E-state index in [0.29, 0.717) is 13.1 Å². The van der Waals surface area contributed by atoms with Crippen LogP contribution in [0.3, 0.4) is 0 Å². The Labute approximate surface area is 125 Å². The second-order valence-corrected chi connectivity index (χ2v) is 7.80. The summed E-state index contributed by atoms with van der Waals surface area (Å²) in [6.07, 6.45) is 4.68. The molecule has 1 aromatic heterocycles. The second-order valence-electron chi connectivity index (χ2n) is 5.43. The zero-order chi connectivity index (χ0) is 15.5. The van der Waals surface area contributed by atoms with Gasteiger partial charge in [-0.1, -0.05) is 6.07 Å². The largest absolute Gasteiger partial charge is 0.339 e. The van der Waals surface area contributed by atoms with Crippen molar-refractivity contribution in [3.05, 3.63) is 30.1 Å². The van der Waals surface area contributed by atoms with Crippen LogP contribution in [0.25, 0.3) is 0 Å². The first-order valence-corrected chi connectivity index (χ1v) is 8.92. The third-order valence-corrected chi connectivity index (χ3v) is 5.29. The van der Waals surface area contributed by atoms with Gasteiger partial charge in [0.25, 0.3) is 0 Å². The fraction of sp³-hybridized carbons (Fsp3) is 0.571. The molecule has 0 bridgehead atoms. The smallest absolute Gasteiger partial charge is 0.240 e. The lowest BCUT2D eigenvalue weighted by molar-refractivity contribution is -0.132. The van der Waals surface area contributed by atoms with Gasteiger partial charge in [0.2, 0.25) is 5.91 Å². The van der Waals surface area contributed by atoms with Crippen LogP contribution >= 0.6 is 0 Å². The third-order valence-electron chi connectivity index (χ3n) is 3.80. The van der Waals surface area contributed by atoms with E-state index in [9.17, 15) is 13.2 Å². The number of piperazine rings is 1. The number of carbonyl (C=O) groups is 1. The van der Waals surface area contributed by atoms with Gasteiger partial charge >= 0.3 is 0 Å². The summed E-state index contributed by atoms with van der Waals surface area (Å²) in [5, 5.41) is -0.956. The first-order valence-electron chi connectivity index (χ1n) is 6.97. The molecule has 7 heteroatoms. The lowest BCUT2D eigenvalue weighted by atomic mass is 10.2. The highest BCUT2D eigenvalue weighted by Gasteiger charge is 2.30. The summed E-state index contributed by atoms with van der Waals surface area (Å²) in [4.78, 5) is 20.1. The minimum atomic E-state index is -3.33. The molecule has 1 aliphatic heterocycles. The van der Waals surface area contributed by atoms with Gasteiger partial charge in [0.15, 0.2) is 9.84 Å². The molecule has 1 aliphatic rings. The van der Waals surface area contributed by atoms with Gasteiger partial charge < -0.3 is 4.90 Å². The number of hydrogen-bond donors (Lipinski definition) is 0. The predicted molar refractivity (Wildman–Crippen MR) is 80.4 cm³/mol. The number of amides is 1. The molecule has 0 aromatic carbocycles. The maximum absolute atomic E-state index is 12.1. The molecule has 0 N–H and O–H groups in total. The first kappa shape index (κ1) is 15.9. The molecule has 0 aliphatic carbocycles. The number of rotatable bonds is 4. The lowest BCUT2D eigenvalue weighted by Crippen LogP contribution is -2.51. The Balaban J connectivity index is 1.87. The fourth-order valence-corrected chi connectivity index (χ4v) is 2.83. The zero-order valence-electron chi connectivity index (χ0n) is 12.4. The Morgan fingerprint density at radius 2 is 2.00 bits per heavy atom. The molecule has 2 heterocycles. The van der Waals surface area contributed by atoms with Crippen LogP contribution in [0, 0.1) is 0 Å². The number of carbonyl (C=O) groups excluding carboxylic acids is 1. The van der Waals surface area contributed by atoms with Crippen LogP contribution in [-0.2, 0) is 21.2 Å². The summed E-state index contributed by atoms with van der Waals surface area (Å²) in [6, 6.07) is 3.93. The molecule has 1 fully saturated rings. The van der Waals surface area contributed by atoms with Crippen molar-refractivity contribution in [2.75, 3.05) is 32.4 Å². The Bertz CT molecular complexity index is 581. The van der Waals surface area contributed by atoms with Gasteiger partial charge in [0.1, 0.15) is 5.25 Å². The van der Waals surface area contributed by atoms with Crippen LogP contribution in [-0.4, -0.2) is 66.8 Å². The molecule has 2 rings (SSSR count). The summed E-state index contributed by atoms with van der Waals surface area (Å²) in [5.74, 6) is -0.293. The molecule has 0 spiro atoms. The summed E-state index contributed by atoms with van der Waals surface area (Å²) in [5.41, 5.74) is 1.14. The van der Waals surface area contributed by atoms with Gasteiger partial charge in [-0.2, -0.15) is 0 Å². The van der Waals surface area contributed by atoms with Crippen LogP contribution in [0.4, 0.5) is 0 Å². The summed E-state index contributed by atoms with van der Waals surface area (Å²) < 4.78 is 22.9. The molecular formula is C14H21N3O3S. The van der Waals surface area contributed by atoms with Gasteiger partial charge in [-0.05, 0) is 18.6 Å². The van der Waals surface area contributed by atoms with E-state index in [1.54, 1.807) is 11.1 Å². The van der Waals surface area contributed by atoms with Gasteiger partial charge in [0, 0.05) is 51.4 Å². The summed E-state index contributed by atoms with van der Waals surface area (Å²) in [6.45, 7) is 4.89. The normalized spacial score (nSPS) is 18.5. The van der Waals surface area contributed by atoms with Crippen molar-refractivity contribution < 1.29 is 13.2 Å². The fourth-order valence-electron chi connectivity index (χ4n) is 2.32. The molecular weight excluding hydrogens is 290 g/mol. The Kier molecular flexibility index (Phi) is 4.95. The minimum absolute atomic E-state index is 0.293. The molecule has 1 amide bonds. The number of nitrogens with zero attached hydrogens (tertiary/aromatic N) is 3. The van der Waals surface area contributed by atoms with Crippen molar-refractivity contribution in [3.63, 3.8) is 0 Å². The molecule has 1 atom stereocenters. The highest BCUT2D eigenvalue weighted by Crippen LogP contribution is 2.10. The Hall–Kier alpha value is -1.47. The zero-order valence-corrected chi connectivity index (χ0v) is 13.2. The Morgan fingerprint density at radius 1 is 1.33 bits per heavy atom. The van der Waals surface area contributed by atoms with E-state index in [4.69, 9.17) is 0 Å². The topological polar surface area (TPSA) is 70.6 Å². The van der Waals surface area contributed by atoms with E-state index in [-0.39, 0.29) is 5.91 Å². The number of hydrogen-bond acceptors (Lipinski definition) is 5. The van der Waals surface area contributed by atoms with Gasteiger partial charge in [0.05, 0.1) is 0 Å². The van der Waals surface area contributed by atoms with Crippen LogP contribution in [0.5, 0.6) is 0 Å². The van der Waals surface area contributed by atoms with E-state index in [2.05, 4.69) is 9.88 Å². The molecule has 6 nitrogen and oxygen atoms in total. The van der Waals surface area contributed by atoms with Crippen molar-refractivity contribution in [2.45, 2.75) is 18.7 Å². The molecule has 116 valence electrons. The van der Waals surface area contributed by atoms with Crippen molar-refractivity contribution in [2.24, 2.45) is 0 Å². The van der Waals surface area contributed by atoms with Crippen molar-refractivity contribution >= 4 is 15.7 Å². The van der Waals surface area contributed by atoms with Crippen LogP contribution < -0.4 is 0 Å². The number of sulfone groups is 1. The number of pyridine rings is 1. The summed E-state index contributed by atoms with van der Waals surface area (Å²) in [7, 11) is -3.33. The SMILES string of the molecule is C[C@@H](C(=O)N1CCN(Cc2cccnc2)CC1)S(C)(=O)=O. The standard InChI is InChI=1S/C14H21N3O3S/c1-12(21(2,19)20)14(18)17-8-6-16(7-9-17)11-13-4-3-5-15-10-13/h3-5,10,12H,6-9,11H2,1-2H3/t12-/m0/s1. The van der Waals surface area contributed by atoms with Crippen molar-refractivity contribution in [3.8, 4) is 0 Å². The molecule has 1 saturated heterocycles. The average molecular weight is 311 g/mol. The van der Waals surface area contributed by atoms with E-state index >= 15 is 0 Å². The van der Waals surface area contributed by atoms with Crippen molar-refractivity contribution in [1.29, 1.82) is 0 Å². The molecule has 0 radical (unpaired) electrons. The minimum Gasteiger partial charge on any atom is -0.339 e. The van der Waals surface area contributed by atoms with E-state index in [0.717, 1.165) is 31.5 Å². The highest BCUT2D eigenvalue weighted by molar-refractivity contribution is 7.92. The third kappa shape index (κ3) is 4.25. The van der Waals surface area contributed by atoms with E-state index in [1.807, 2.05) is 18.3 Å². The van der Waals surface area contributed by atoms with E-state index in [1.165, 1.54) is 6.92 Å². The molecule has 1 aromatic rings. The first-order chi connectivity index (χ1) is 9.88. The maximum atomic E-state index is 12.1. The van der Waals surface area contributed by atoms with Gasteiger partial charge in [-0.3, -0.25) is 14.7 Å². The lowest BCUT2D eigenvalue weighted by Gasteiger charge is -2.35. The highest BCUT2D eigenvalue weighted by atomic mass is 32.2. The van der Waals surface area contributed by atoms with Gasteiger partial charge in [-0.15, -0.1) is 0 Å². The van der Waals surface area contributed by atoms with Crippen LogP contribution in [0.15, 0.2) is 24.5 Å². The van der Waals surface area contributed by atoms with Crippen molar-refractivity contribution in [1.82, 2.24) is 14.8 Å². The predicted octanol–water partition coefficient (Wildman–Crippen LogP) is 0.159. The van der Waals surface area contributed by atoms with Crippen LogP contribution in [0.2, 0.25) is 0 Å². The monoisotopic (exact) mass is 311 g/mol. The van der Waals surface area contributed by atoms with Crippen LogP contribution in [0.1, 0.15) is 12.5 Å². The quantitative estimate of drug-likeness (QED) is 0.792. The van der Waals surface area contributed by atoms with Gasteiger partial charge in [-0.25, -0.2) is 8.42 Å². The number of aromatic nitrogens is 1. The summed E-state index contributed by atoms with van der Waals surface area (Å²) >= 11 is 0. The Morgan fingerprint density at radius 3 is 2.52 bits per heavy atom. The molecule has 0 saturated carbocycles. The average Bonchev–Trinajstić information content (AvgIpc) is 2.46.